The molecule has 0 spiro atoms. The molecule has 26 heavy (non-hydrogen) atoms. The van der Waals surface area contributed by atoms with Crippen molar-refractivity contribution in [3.05, 3.63) is 58.7 Å². The maximum absolute atomic E-state index is 12.3. The maximum atomic E-state index is 12.3. The number of ether oxygens (including phenoxy) is 1. The Bertz CT molecular complexity index is 978. The summed E-state index contributed by atoms with van der Waals surface area (Å²) in [6, 6.07) is 5.64. The fourth-order valence-electron chi connectivity index (χ4n) is 3.08. The summed E-state index contributed by atoms with van der Waals surface area (Å²) >= 11 is 0. The summed E-state index contributed by atoms with van der Waals surface area (Å²) in [6.45, 7) is 8.21. The molecule has 1 N–H and O–H groups in total. The van der Waals surface area contributed by atoms with E-state index in [9.17, 15) is 4.79 Å². The Morgan fingerprint density at radius 2 is 2.04 bits per heavy atom. The minimum Gasteiger partial charge on any atom is -0.496 e. The van der Waals surface area contributed by atoms with E-state index in [0.717, 1.165) is 44.7 Å². The van der Waals surface area contributed by atoms with E-state index in [1.165, 1.54) is 0 Å². The molecule has 0 aliphatic heterocycles. The van der Waals surface area contributed by atoms with Crippen molar-refractivity contribution >= 4 is 22.4 Å². The van der Waals surface area contributed by atoms with Crippen molar-refractivity contribution in [2.45, 2.75) is 34.2 Å². The standard InChI is InChI=1S/C21H23NO4/c1-12(9-19(23)22-11-16-7-6-8-25-16)17-10-18-13(2)15(4)26-21(18)14(3)20(17)24-5/h6-10H,11H2,1-5H3,(H,22,23)/b12-9+. The number of hydrogen-bond acceptors (Lipinski definition) is 4. The van der Waals surface area contributed by atoms with E-state index in [1.54, 1.807) is 25.5 Å². The molecule has 2 aromatic heterocycles. The lowest BCUT2D eigenvalue weighted by molar-refractivity contribution is -0.116. The first kappa shape index (κ1) is 17.9. The quantitative estimate of drug-likeness (QED) is 0.677. The van der Waals surface area contributed by atoms with Crippen molar-refractivity contribution in [2.75, 3.05) is 7.11 Å². The fraction of sp³-hybridized carbons (Fsp3) is 0.286. The molecule has 0 aliphatic carbocycles. The lowest BCUT2D eigenvalue weighted by Crippen LogP contribution is -2.20. The third kappa shape index (κ3) is 3.25. The van der Waals surface area contributed by atoms with Gasteiger partial charge in [-0.05, 0) is 57.0 Å². The summed E-state index contributed by atoms with van der Waals surface area (Å²) < 4.78 is 16.7. The average Bonchev–Trinajstić information content (AvgIpc) is 3.22. The van der Waals surface area contributed by atoms with Gasteiger partial charge in [0.15, 0.2) is 0 Å². The second-order valence-electron chi connectivity index (χ2n) is 6.37. The van der Waals surface area contributed by atoms with Crippen LogP contribution in [0.15, 0.2) is 39.4 Å². The van der Waals surface area contributed by atoms with Crippen molar-refractivity contribution in [3.63, 3.8) is 0 Å². The van der Waals surface area contributed by atoms with E-state index < -0.39 is 0 Å². The highest BCUT2D eigenvalue weighted by molar-refractivity contribution is 5.98. The number of amides is 1. The molecule has 1 amide bonds. The summed E-state index contributed by atoms with van der Waals surface area (Å²) in [6.07, 6.45) is 3.16. The van der Waals surface area contributed by atoms with Gasteiger partial charge in [-0.1, -0.05) is 0 Å². The van der Waals surface area contributed by atoms with Crippen LogP contribution >= 0.6 is 0 Å². The zero-order chi connectivity index (χ0) is 18.8. The first-order chi connectivity index (χ1) is 12.4. The lowest BCUT2D eigenvalue weighted by Gasteiger charge is -2.13. The number of furan rings is 2. The monoisotopic (exact) mass is 353 g/mol. The Balaban J connectivity index is 1.94. The van der Waals surface area contributed by atoms with Crippen LogP contribution in [0.4, 0.5) is 0 Å². The van der Waals surface area contributed by atoms with Crippen LogP contribution in [0.1, 0.15) is 35.1 Å². The van der Waals surface area contributed by atoms with Gasteiger partial charge in [-0.25, -0.2) is 0 Å². The molecule has 0 fully saturated rings. The zero-order valence-corrected chi connectivity index (χ0v) is 15.7. The van der Waals surface area contributed by atoms with Crippen LogP contribution in [0.5, 0.6) is 5.75 Å². The fourth-order valence-corrected chi connectivity index (χ4v) is 3.08. The number of benzene rings is 1. The van der Waals surface area contributed by atoms with Gasteiger partial charge in [0.2, 0.25) is 5.91 Å². The minimum absolute atomic E-state index is 0.182. The first-order valence-corrected chi connectivity index (χ1v) is 8.48. The molecule has 0 atom stereocenters. The molecule has 5 heteroatoms. The SMILES string of the molecule is COc1c(/C(C)=C/C(=O)NCc2ccco2)cc2c(C)c(C)oc2c1C. The predicted molar refractivity (Wildman–Crippen MR) is 101 cm³/mol. The van der Waals surface area contributed by atoms with E-state index >= 15 is 0 Å². The summed E-state index contributed by atoms with van der Waals surface area (Å²) in [5.41, 5.74) is 4.56. The maximum Gasteiger partial charge on any atom is 0.244 e. The van der Waals surface area contributed by atoms with Gasteiger partial charge in [0.1, 0.15) is 22.9 Å². The van der Waals surface area contributed by atoms with E-state index in [1.807, 2.05) is 39.8 Å². The molecule has 0 saturated heterocycles. The summed E-state index contributed by atoms with van der Waals surface area (Å²) in [4.78, 5) is 12.3. The van der Waals surface area contributed by atoms with Crippen molar-refractivity contribution in [3.8, 4) is 5.75 Å². The minimum atomic E-state index is -0.182. The van der Waals surface area contributed by atoms with Crippen LogP contribution in [-0.2, 0) is 11.3 Å². The van der Waals surface area contributed by atoms with E-state index in [0.29, 0.717) is 12.3 Å². The zero-order valence-electron chi connectivity index (χ0n) is 15.7. The smallest absolute Gasteiger partial charge is 0.244 e. The first-order valence-electron chi connectivity index (χ1n) is 8.48. The molecule has 1 aromatic carbocycles. The van der Waals surface area contributed by atoms with Gasteiger partial charge in [0.25, 0.3) is 0 Å². The number of carbonyl (C=O) groups excluding carboxylic acids is 1. The normalized spacial score (nSPS) is 11.8. The van der Waals surface area contributed by atoms with Gasteiger partial charge < -0.3 is 18.9 Å². The Morgan fingerprint density at radius 3 is 2.69 bits per heavy atom. The largest absolute Gasteiger partial charge is 0.496 e. The third-order valence-electron chi connectivity index (χ3n) is 4.64. The number of nitrogens with one attached hydrogen (secondary N) is 1. The van der Waals surface area contributed by atoms with E-state index in [-0.39, 0.29) is 5.91 Å². The van der Waals surface area contributed by atoms with Crippen molar-refractivity contribution in [2.24, 2.45) is 0 Å². The summed E-state index contributed by atoms with van der Waals surface area (Å²) in [5.74, 6) is 2.14. The second kappa shape index (κ2) is 7.12. The van der Waals surface area contributed by atoms with Crippen molar-refractivity contribution in [1.29, 1.82) is 0 Å². The van der Waals surface area contributed by atoms with Crippen LogP contribution in [0.2, 0.25) is 0 Å². The van der Waals surface area contributed by atoms with Crippen LogP contribution < -0.4 is 10.1 Å². The molecule has 0 radical (unpaired) electrons. The van der Waals surface area contributed by atoms with E-state index in [4.69, 9.17) is 13.6 Å². The molecule has 3 rings (SSSR count). The molecule has 0 aliphatic rings. The number of hydrogen-bond donors (Lipinski definition) is 1. The van der Waals surface area contributed by atoms with Crippen molar-refractivity contribution in [1.82, 2.24) is 5.32 Å². The second-order valence-corrected chi connectivity index (χ2v) is 6.37. The topological polar surface area (TPSA) is 64.6 Å². The predicted octanol–water partition coefficient (Wildman–Crippen LogP) is 4.68. The summed E-state index contributed by atoms with van der Waals surface area (Å²) in [7, 11) is 1.63. The third-order valence-corrected chi connectivity index (χ3v) is 4.64. The Hall–Kier alpha value is -2.95. The Kier molecular flexibility index (Phi) is 4.89. The highest BCUT2D eigenvalue weighted by Crippen LogP contribution is 2.38. The Morgan fingerprint density at radius 1 is 1.27 bits per heavy atom. The number of aryl methyl sites for hydroxylation is 3. The van der Waals surface area contributed by atoms with E-state index in [2.05, 4.69) is 5.32 Å². The highest BCUT2D eigenvalue weighted by atomic mass is 16.5. The number of rotatable bonds is 5. The lowest BCUT2D eigenvalue weighted by atomic mass is 9.98. The number of fused-ring (bicyclic) bond motifs is 1. The van der Waals surface area contributed by atoms with Gasteiger partial charge in [-0.15, -0.1) is 0 Å². The molecule has 0 saturated carbocycles. The molecule has 0 bridgehead atoms. The van der Waals surface area contributed by atoms with Crippen LogP contribution in [0, 0.1) is 20.8 Å². The molecule has 136 valence electrons. The molecule has 5 nitrogen and oxygen atoms in total. The molecule has 2 heterocycles. The Labute approximate surface area is 152 Å². The highest BCUT2D eigenvalue weighted by Gasteiger charge is 2.18. The van der Waals surface area contributed by atoms with Gasteiger partial charge in [-0.3, -0.25) is 4.79 Å². The molecular formula is C21H23NO4. The average molecular weight is 353 g/mol. The molecular weight excluding hydrogens is 330 g/mol. The van der Waals surface area contributed by atoms with Crippen LogP contribution in [0.25, 0.3) is 16.5 Å². The van der Waals surface area contributed by atoms with Gasteiger partial charge in [0, 0.05) is 22.6 Å². The number of methoxy groups -OCH3 is 1. The molecule has 3 aromatic rings. The number of carbonyl (C=O) groups is 1. The summed E-state index contributed by atoms with van der Waals surface area (Å²) in [5, 5.41) is 3.86. The van der Waals surface area contributed by atoms with Gasteiger partial charge in [0.05, 0.1) is 19.9 Å². The van der Waals surface area contributed by atoms with Crippen molar-refractivity contribution < 1.29 is 18.4 Å². The van der Waals surface area contributed by atoms with Crippen LogP contribution in [0.3, 0.4) is 0 Å². The van der Waals surface area contributed by atoms with Gasteiger partial charge in [-0.2, -0.15) is 0 Å². The van der Waals surface area contributed by atoms with Gasteiger partial charge >= 0.3 is 0 Å². The van der Waals surface area contributed by atoms with Crippen LogP contribution in [-0.4, -0.2) is 13.0 Å². The number of allylic oxidation sites excluding steroid dienone is 1. The molecule has 0 unspecified atom stereocenters.